The van der Waals surface area contributed by atoms with Gasteiger partial charge in [-0.15, -0.1) is 0 Å². The normalized spacial score (nSPS) is 13.6. The fourth-order valence-electron chi connectivity index (χ4n) is 2.44. The molecule has 1 aromatic rings. The molecule has 2 rings (SSSR count). The van der Waals surface area contributed by atoms with E-state index in [-0.39, 0.29) is 11.3 Å². The molecule has 0 fully saturated rings. The quantitative estimate of drug-likeness (QED) is 0.791. The van der Waals surface area contributed by atoms with Gasteiger partial charge >= 0.3 is 11.9 Å². The zero-order valence-electron chi connectivity index (χ0n) is 14.0. The predicted octanol–water partition coefficient (Wildman–Crippen LogP) is 2.49. The summed E-state index contributed by atoms with van der Waals surface area (Å²) in [5, 5.41) is 0. The van der Waals surface area contributed by atoms with Crippen molar-refractivity contribution in [2.75, 3.05) is 26.2 Å². The molecule has 0 unspecified atom stereocenters. The molecule has 1 aromatic carbocycles. The lowest BCUT2D eigenvalue weighted by molar-refractivity contribution is -0.139. The highest BCUT2D eigenvalue weighted by atomic mass is 16.5. The summed E-state index contributed by atoms with van der Waals surface area (Å²) < 4.78 is 15.0. The van der Waals surface area contributed by atoms with Crippen LogP contribution in [0.3, 0.4) is 0 Å². The molecule has 0 aromatic heterocycles. The number of methoxy groups -OCH3 is 3. The van der Waals surface area contributed by atoms with Crippen LogP contribution in [0.2, 0.25) is 0 Å². The van der Waals surface area contributed by atoms with Crippen LogP contribution in [0.25, 0.3) is 0 Å². The van der Waals surface area contributed by atoms with Crippen LogP contribution in [0.1, 0.15) is 5.56 Å². The monoisotopic (exact) mass is 329 g/mol. The molecule has 0 N–H and O–H groups in total. The predicted molar refractivity (Wildman–Crippen MR) is 89.5 cm³/mol. The number of esters is 2. The molecule has 24 heavy (non-hydrogen) atoms. The Labute approximate surface area is 140 Å². The van der Waals surface area contributed by atoms with Gasteiger partial charge in [-0.05, 0) is 31.2 Å². The molecule has 0 saturated carbocycles. The van der Waals surface area contributed by atoms with Gasteiger partial charge in [0.15, 0.2) is 0 Å². The van der Waals surface area contributed by atoms with Crippen molar-refractivity contribution in [3.63, 3.8) is 0 Å². The fraction of sp³-hybridized carbons (Fsp3) is 0.222. The lowest BCUT2D eigenvalue weighted by atomic mass is 10.1. The summed E-state index contributed by atoms with van der Waals surface area (Å²) in [5.41, 5.74) is 1.69. The van der Waals surface area contributed by atoms with Gasteiger partial charge in [-0.1, -0.05) is 12.1 Å². The Morgan fingerprint density at radius 2 is 1.71 bits per heavy atom. The molecule has 0 saturated heterocycles. The van der Waals surface area contributed by atoms with Crippen molar-refractivity contribution >= 4 is 17.6 Å². The zero-order valence-corrected chi connectivity index (χ0v) is 14.0. The molecule has 6 nitrogen and oxygen atoms in total. The Kier molecular flexibility index (Phi) is 5.42. The van der Waals surface area contributed by atoms with Crippen LogP contribution in [-0.2, 0) is 19.1 Å². The van der Waals surface area contributed by atoms with Crippen molar-refractivity contribution in [1.82, 2.24) is 0 Å². The van der Waals surface area contributed by atoms with E-state index in [2.05, 4.69) is 0 Å². The first-order valence-electron chi connectivity index (χ1n) is 7.23. The maximum atomic E-state index is 12.4. The highest BCUT2D eigenvalue weighted by Gasteiger charge is 2.28. The minimum atomic E-state index is -0.645. The lowest BCUT2D eigenvalue weighted by Crippen LogP contribution is -2.27. The van der Waals surface area contributed by atoms with Crippen molar-refractivity contribution < 1.29 is 23.8 Å². The third-order valence-electron chi connectivity index (χ3n) is 3.62. The van der Waals surface area contributed by atoms with Gasteiger partial charge in [0.2, 0.25) is 0 Å². The second-order valence-electron chi connectivity index (χ2n) is 4.92. The van der Waals surface area contributed by atoms with Crippen LogP contribution >= 0.6 is 0 Å². The molecular weight excluding hydrogens is 310 g/mol. The van der Waals surface area contributed by atoms with Crippen molar-refractivity contribution in [3.05, 3.63) is 59.5 Å². The third kappa shape index (κ3) is 3.17. The number of benzene rings is 1. The molecule has 6 heteroatoms. The van der Waals surface area contributed by atoms with Gasteiger partial charge in [0.1, 0.15) is 11.4 Å². The number of hydrogen-bond acceptors (Lipinski definition) is 6. The van der Waals surface area contributed by atoms with Gasteiger partial charge in [0.25, 0.3) is 0 Å². The molecule has 1 heterocycles. The summed E-state index contributed by atoms with van der Waals surface area (Å²) in [4.78, 5) is 26.1. The fourth-order valence-corrected chi connectivity index (χ4v) is 2.44. The molecule has 1 aliphatic rings. The molecular formula is C18H19NO5. The number of carbonyl (C=O) groups is 2. The van der Waals surface area contributed by atoms with E-state index in [1.54, 1.807) is 36.4 Å². The molecule has 0 spiro atoms. The van der Waals surface area contributed by atoms with Gasteiger partial charge in [0, 0.05) is 11.8 Å². The Morgan fingerprint density at radius 1 is 1.00 bits per heavy atom. The van der Waals surface area contributed by atoms with E-state index in [0.717, 1.165) is 5.56 Å². The molecule has 0 atom stereocenters. The highest BCUT2D eigenvalue weighted by Crippen LogP contribution is 2.33. The molecule has 126 valence electrons. The van der Waals surface area contributed by atoms with Crippen molar-refractivity contribution in [2.45, 2.75) is 6.92 Å². The number of anilines is 1. The number of nitrogens with zero attached hydrogens (tertiary/aromatic N) is 1. The Morgan fingerprint density at radius 3 is 2.33 bits per heavy atom. The van der Waals surface area contributed by atoms with Crippen LogP contribution in [0, 0.1) is 6.92 Å². The SMILES string of the molecule is COC(=O)C1=C(C(=O)OC)N(c2cccc(OC)c2C)C=CC=C1. The van der Waals surface area contributed by atoms with Crippen LogP contribution < -0.4 is 9.64 Å². The minimum absolute atomic E-state index is 0.0747. The maximum Gasteiger partial charge on any atom is 0.355 e. The van der Waals surface area contributed by atoms with Gasteiger partial charge in [-0.2, -0.15) is 0 Å². The van der Waals surface area contributed by atoms with Crippen molar-refractivity contribution in [1.29, 1.82) is 0 Å². The van der Waals surface area contributed by atoms with E-state index >= 15 is 0 Å². The van der Waals surface area contributed by atoms with E-state index in [0.29, 0.717) is 11.4 Å². The summed E-state index contributed by atoms with van der Waals surface area (Å²) in [7, 11) is 4.10. The summed E-state index contributed by atoms with van der Waals surface area (Å²) in [6, 6.07) is 5.45. The maximum absolute atomic E-state index is 12.4. The first kappa shape index (κ1) is 17.3. The number of ether oxygens (including phenoxy) is 3. The van der Waals surface area contributed by atoms with E-state index in [4.69, 9.17) is 14.2 Å². The molecule has 1 aliphatic heterocycles. The van der Waals surface area contributed by atoms with E-state index in [1.165, 1.54) is 20.3 Å². The van der Waals surface area contributed by atoms with Gasteiger partial charge < -0.3 is 19.1 Å². The smallest absolute Gasteiger partial charge is 0.355 e. The van der Waals surface area contributed by atoms with E-state index < -0.39 is 11.9 Å². The van der Waals surface area contributed by atoms with E-state index in [1.807, 2.05) is 19.1 Å². The number of hydrogen-bond donors (Lipinski definition) is 0. The highest BCUT2D eigenvalue weighted by molar-refractivity contribution is 6.05. The molecule has 0 amide bonds. The molecule has 0 aliphatic carbocycles. The first-order chi connectivity index (χ1) is 11.5. The standard InChI is InChI=1S/C18H19NO5/c1-12-14(9-7-10-15(12)22-2)19-11-6-5-8-13(17(20)23-3)16(19)18(21)24-4/h5-11H,1-4H3. The lowest BCUT2D eigenvalue weighted by Gasteiger charge is -2.25. The summed E-state index contributed by atoms with van der Waals surface area (Å²) in [5.74, 6) is -0.600. The average molecular weight is 329 g/mol. The van der Waals surface area contributed by atoms with E-state index in [9.17, 15) is 9.59 Å². The second-order valence-corrected chi connectivity index (χ2v) is 4.92. The topological polar surface area (TPSA) is 65.1 Å². The van der Waals surface area contributed by atoms with Crippen LogP contribution in [0.5, 0.6) is 5.75 Å². The van der Waals surface area contributed by atoms with Gasteiger partial charge in [-0.25, -0.2) is 9.59 Å². The number of rotatable bonds is 4. The summed E-state index contributed by atoms with van der Waals surface area (Å²) >= 11 is 0. The number of carbonyl (C=O) groups excluding carboxylic acids is 2. The average Bonchev–Trinajstić information content (AvgIpc) is 2.83. The molecule has 0 radical (unpaired) electrons. The van der Waals surface area contributed by atoms with Crippen LogP contribution in [0.4, 0.5) is 5.69 Å². The third-order valence-corrected chi connectivity index (χ3v) is 3.62. The summed E-state index contributed by atoms with van der Waals surface area (Å²) in [6.07, 6.45) is 6.58. The van der Waals surface area contributed by atoms with Gasteiger partial charge in [0.05, 0.1) is 32.6 Å². The van der Waals surface area contributed by atoms with Crippen molar-refractivity contribution in [3.8, 4) is 5.75 Å². The molecule has 0 bridgehead atoms. The Balaban J connectivity index is 2.70. The zero-order chi connectivity index (χ0) is 17.7. The minimum Gasteiger partial charge on any atom is -0.496 e. The van der Waals surface area contributed by atoms with Crippen LogP contribution in [0.15, 0.2) is 53.9 Å². The first-order valence-corrected chi connectivity index (χ1v) is 7.23. The summed E-state index contributed by atoms with van der Waals surface area (Å²) in [6.45, 7) is 1.87. The largest absolute Gasteiger partial charge is 0.496 e. The number of allylic oxidation sites excluding steroid dienone is 2. The Hall–Kier alpha value is -3.02. The van der Waals surface area contributed by atoms with Crippen molar-refractivity contribution in [2.24, 2.45) is 0 Å². The van der Waals surface area contributed by atoms with Gasteiger partial charge in [-0.3, -0.25) is 0 Å². The van der Waals surface area contributed by atoms with Crippen LogP contribution in [-0.4, -0.2) is 33.3 Å². The Bertz CT molecular complexity index is 746. The second kappa shape index (κ2) is 7.50.